The summed E-state index contributed by atoms with van der Waals surface area (Å²) >= 11 is 0. The molecule has 38 heavy (non-hydrogen) atoms. The lowest BCUT2D eigenvalue weighted by Gasteiger charge is -2.33. The van der Waals surface area contributed by atoms with E-state index in [4.69, 9.17) is 9.72 Å². The van der Waals surface area contributed by atoms with Crippen LogP contribution in [0.25, 0.3) is 0 Å². The number of carbonyl (C=O) groups excluding carboxylic acids is 2. The number of likely N-dealkylation sites (tertiary alicyclic amines) is 1. The lowest BCUT2D eigenvalue weighted by Crippen LogP contribution is -2.49. The Morgan fingerprint density at radius 3 is 2.45 bits per heavy atom. The number of hydrogen-bond acceptors (Lipinski definition) is 5. The molecule has 8 heteroatoms. The van der Waals surface area contributed by atoms with E-state index in [-0.39, 0.29) is 17.2 Å². The van der Waals surface area contributed by atoms with E-state index in [9.17, 15) is 14.0 Å². The molecule has 2 amide bonds. The number of nitrogens with zero attached hydrogens (tertiary/aromatic N) is 3. The number of aromatic nitrogens is 2. The second-order valence-electron chi connectivity index (χ2n) is 12.7. The molecular formula is C30H41FN4O3. The van der Waals surface area contributed by atoms with Gasteiger partial charge in [0, 0.05) is 29.8 Å². The van der Waals surface area contributed by atoms with Gasteiger partial charge in [-0.15, -0.1) is 0 Å². The first kappa shape index (κ1) is 28.0. The standard InChI is InChI=1S/C30H41FN4O3/c1-29(2,3)27-32-15-14-23(34-27)22-17-24(26(36)33-18-19-10-7-8-11-19)35(28(37)38-30(4,5)6)25(22)20-12-9-13-21(31)16-20/h9,12-16,19,22,24-25H,7-8,10-11,17-18H2,1-6H3,(H,33,36)/t22-,24+,25+/m1/s1. The van der Waals surface area contributed by atoms with Crippen LogP contribution in [0.4, 0.5) is 9.18 Å². The number of halogens is 1. The molecule has 1 aliphatic carbocycles. The normalized spacial score (nSPS) is 22.5. The molecule has 0 spiro atoms. The summed E-state index contributed by atoms with van der Waals surface area (Å²) < 4.78 is 20.3. The van der Waals surface area contributed by atoms with Crippen LogP contribution in [0, 0.1) is 11.7 Å². The molecule has 3 atom stereocenters. The fourth-order valence-electron chi connectivity index (χ4n) is 5.54. The van der Waals surface area contributed by atoms with Crippen molar-refractivity contribution in [3.63, 3.8) is 0 Å². The number of benzene rings is 1. The van der Waals surface area contributed by atoms with Crippen molar-refractivity contribution in [2.45, 2.75) is 103 Å². The molecule has 1 N–H and O–H groups in total. The molecule has 2 fully saturated rings. The smallest absolute Gasteiger partial charge is 0.411 e. The van der Waals surface area contributed by atoms with Gasteiger partial charge in [0.25, 0.3) is 0 Å². The lowest BCUT2D eigenvalue weighted by molar-refractivity contribution is -0.126. The Morgan fingerprint density at radius 2 is 1.82 bits per heavy atom. The second kappa shape index (κ2) is 11.0. The summed E-state index contributed by atoms with van der Waals surface area (Å²) in [4.78, 5) is 38.2. The highest BCUT2D eigenvalue weighted by Crippen LogP contribution is 2.47. The van der Waals surface area contributed by atoms with Gasteiger partial charge in [-0.3, -0.25) is 9.69 Å². The van der Waals surface area contributed by atoms with Crippen molar-refractivity contribution in [2.75, 3.05) is 6.54 Å². The van der Waals surface area contributed by atoms with Gasteiger partial charge < -0.3 is 10.1 Å². The minimum Gasteiger partial charge on any atom is -0.444 e. The van der Waals surface area contributed by atoms with Crippen molar-refractivity contribution >= 4 is 12.0 Å². The Bertz CT molecular complexity index is 1150. The quantitative estimate of drug-likeness (QED) is 0.514. The summed E-state index contributed by atoms with van der Waals surface area (Å²) in [6.07, 6.45) is 6.04. The van der Waals surface area contributed by atoms with Crippen molar-refractivity contribution < 1.29 is 18.7 Å². The SMILES string of the molecule is CC(C)(C)OC(=O)N1[C@H](C(=O)NCC2CCCC2)C[C@H](c2ccnc(C(C)(C)C)n2)[C@@H]1c1cccc(F)c1. The minimum atomic E-state index is -0.780. The Kier molecular flexibility index (Phi) is 8.09. The molecule has 1 aromatic heterocycles. The van der Waals surface area contributed by atoms with E-state index in [0.29, 0.717) is 30.3 Å². The van der Waals surface area contributed by atoms with E-state index >= 15 is 0 Å². The first-order valence-electron chi connectivity index (χ1n) is 13.7. The van der Waals surface area contributed by atoms with E-state index < -0.39 is 29.6 Å². The highest BCUT2D eigenvalue weighted by molar-refractivity contribution is 5.87. The number of ether oxygens (including phenoxy) is 1. The van der Waals surface area contributed by atoms with Crippen LogP contribution >= 0.6 is 0 Å². The maximum atomic E-state index is 14.5. The number of nitrogens with one attached hydrogen (secondary N) is 1. The molecular weight excluding hydrogens is 483 g/mol. The largest absolute Gasteiger partial charge is 0.444 e. The summed E-state index contributed by atoms with van der Waals surface area (Å²) in [6.45, 7) is 12.1. The molecule has 1 saturated carbocycles. The predicted molar refractivity (Wildman–Crippen MR) is 144 cm³/mol. The minimum absolute atomic E-state index is 0.211. The average molecular weight is 525 g/mol. The number of hydrogen-bond donors (Lipinski definition) is 1. The van der Waals surface area contributed by atoms with Crippen LogP contribution < -0.4 is 5.32 Å². The van der Waals surface area contributed by atoms with Gasteiger partial charge in [-0.2, -0.15) is 0 Å². The van der Waals surface area contributed by atoms with E-state index in [1.54, 1.807) is 39.1 Å². The van der Waals surface area contributed by atoms with Crippen LogP contribution in [0.15, 0.2) is 36.5 Å². The molecule has 1 saturated heterocycles. The number of carbonyl (C=O) groups is 2. The molecule has 0 radical (unpaired) electrons. The molecule has 2 heterocycles. The Labute approximate surface area is 225 Å². The predicted octanol–water partition coefficient (Wildman–Crippen LogP) is 6.05. The van der Waals surface area contributed by atoms with Crippen molar-refractivity contribution in [2.24, 2.45) is 5.92 Å². The maximum Gasteiger partial charge on any atom is 0.411 e. The summed E-state index contributed by atoms with van der Waals surface area (Å²) in [5.74, 6) is 0.164. The Morgan fingerprint density at radius 1 is 1.11 bits per heavy atom. The topological polar surface area (TPSA) is 84.4 Å². The van der Waals surface area contributed by atoms with Crippen LogP contribution in [0.3, 0.4) is 0 Å². The molecule has 0 unspecified atom stereocenters. The Hall–Kier alpha value is -3.03. The molecule has 1 aromatic carbocycles. The van der Waals surface area contributed by atoms with Crippen LogP contribution in [0.5, 0.6) is 0 Å². The number of rotatable bonds is 5. The summed E-state index contributed by atoms with van der Waals surface area (Å²) in [5, 5.41) is 3.11. The van der Waals surface area contributed by atoms with Gasteiger partial charge in [0.15, 0.2) is 0 Å². The molecule has 1 aliphatic heterocycles. The van der Waals surface area contributed by atoms with Crippen molar-refractivity contribution in [3.05, 3.63) is 59.4 Å². The monoisotopic (exact) mass is 524 g/mol. The van der Waals surface area contributed by atoms with Gasteiger partial charge >= 0.3 is 6.09 Å². The first-order valence-corrected chi connectivity index (χ1v) is 13.7. The fourth-order valence-corrected chi connectivity index (χ4v) is 5.54. The van der Waals surface area contributed by atoms with Gasteiger partial charge in [-0.1, -0.05) is 45.7 Å². The molecule has 2 aliphatic rings. The summed E-state index contributed by atoms with van der Waals surface area (Å²) in [7, 11) is 0. The van der Waals surface area contributed by atoms with E-state index in [1.807, 2.05) is 26.8 Å². The summed E-state index contributed by atoms with van der Waals surface area (Å²) in [6, 6.07) is 6.65. The van der Waals surface area contributed by atoms with E-state index in [2.05, 4.69) is 10.3 Å². The fraction of sp³-hybridized carbons (Fsp3) is 0.600. The zero-order valence-electron chi connectivity index (χ0n) is 23.5. The highest BCUT2D eigenvalue weighted by atomic mass is 19.1. The van der Waals surface area contributed by atoms with Gasteiger partial charge in [0.1, 0.15) is 23.3 Å². The first-order chi connectivity index (χ1) is 17.8. The average Bonchev–Trinajstić information content (AvgIpc) is 3.49. The molecule has 0 bridgehead atoms. The van der Waals surface area contributed by atoms with E-state index in [1.165, 1.54) is 29.9 Å². The zero-order chi connectivity index (χ0) is 27.7. The van der Waals surface area contributed by atoms with Gasteiger partial charge in [0.2, 0.25) is 5.91 Å². The zero-order valence-corrected chi connectivity index (χ0v) is 23.5. The van der Waals surface area contributed by atoms with Gasteiger partial charge in [-0.25, -0.2) is 19.2 Å². The third-order valence-electron chi connectivity index (χ3n) is 7.36. The highest BCUT2D eigenvalue weighted by Gasteiger charge is 2.50. The second-order valence-corrected chi connectivity index (χ2v) is 12.7. The van der Waals surface area contributed by atoms with Crippen molar-refractivity contribution in [1.82, 2.24) is 20.2 Å². The molecule has 2 aromatic rings. The number of amides is 2. The molecule has 7 nitrogen and oxygen atoms in total. The third kappa shape index (κ3) is 6.51. The van der Waals surface area contributed by atoms with Crippen LogP contribution in [0.2, 0.25) is 0 Å². The molecule has 4 rings (SSSR count). The van der Waals surface area contributed by atoms with Crippen LogP contribution in [0.1, 0.15) is 103 Å². The van der Waals surface area contributed by atoms with Gasteiger partial charge in [0.05, 0.1) is 6.04 Å². The van der Waals surface area contributed by atoms with Crippen LogP contribution in [-0.4, -0.2) is 45.1 Å². The van der Waals surface area contributed by atoms with Crippen LogP contribution in [-0.2, 0) is 14.9 Å². The molecule has 206 valence electrons. The van der Waals surface area contributed by atoms with E-state index in [0.717, 1.165) is 18.5 Å². The van der Waals surface area contributed by atoms with Crippen molar-refractivity contribution in [3.8, 4) is 0 Å². The third-order valence-corrected chi connectivity index (χ3v) is 7.36. The Balaban J connectivity index is 1.77. The van der Waals surface area contributed by atoms with Crippen molar-refractivity contribution in [1.29, 1.82) is 0 Å². The van der Waals surface area contributed by atoms with Gasteiger partial charge in [-0.05, 0) is 69.7 Å². The lowest BCUT2D eigenvalue weighted by atomic mass is 9.89. The summed E-state index contributed by atoms with van der Waals surface area (Å²) in [5.41, 5.74) is 0.272. The maximum absolute atomic E-state index is 14.5.